The number of aliphatic hydroxyl groups is 1. The maximum absolute atomic E-state index is 13.1. The molecule has 0 aromatic heterocycles. The maximum Gasteiger partial charge on any atom is 0.123 e. The smallest absolute Gasteiger partial charge is 0.123 e. The van der Waals surface area contributed by atoms with E-state index in [1.807, 2.05) is 31.2 Å². The molecule has 0 aliphatic carbocycles. The average molecular weight is 276 g/mol. The van der Waals surface area contributed by atoms with Crippen LogP contribution in [0.4, 0.5) is 4.39 Å². The summed E-state index contributed by atoms with van der Waals surface area (Å²) in [4.78, 5) is 1.19. The van der Waals surface area contributed by atoms with E-state index in [9.17, 15) is 9.50 Å². The normalized spacial score (nSPS) is 12.4. The van der Waals surface area contributed by atoms with Crippen molar-refractivity contribution in [3.05, 3.63) is 65.0 Å². The van der Waals surface area contributed by atoms with Crippen LogP contribution in [0.5, 0.6) is 0 Å². The first-order chi connectivity index (χ1) is 9.11. The topological polar surface area (TPSA) is 20.2 Å². The summed E-state index contributed by atoms with van der Waals surface area (Å²) in [6.07, 6.45) is -0.707. The largest absolute Gasteiger partial charge is 0.384 e. The maximum atomic E-state index is 13.1. The summed E-state index contributed by atoms with van der Waals surface area (Å²) < 4.78 is 13.1. The van der Waals surface area contributed by atoms with E-state index in [4.69, 9.17) is 0 Å². The monoisotopic (exact) mass is 276 g/mol. The van der Waals surface area contributed by atoms with Gasteiger partial charge in [0.15, 0.2) is 0 Å². The first-order valence-electron chi connectivity index (χ1n) is 6.28. The summed E-state index contributed by atoms with van der Waals surface area (Å²) in [5.74, 6) is 0.752. The van der Waals surface area contributed by atoms with Crippen LogP contribution >= 0.6 is 11.8 Å². The van der Waals surface area contributed by atoms with Gasteiger partial charge in [0.25, 0.3) is 0 Å². The van der Waals surface area contributed by atoms with Gasteiger partial charge in [0.2, 0.25) is 0 Å². The van der Waals surface area contributed by atoms with Crippen LogP contribution in [0.25, 0.3) is 0 Å². The summed E-state index contributed by atoms with van der Waals surface area (Å²) in [6, 6.07) is 12.3. The number of hydrogen-bond acceptors (Lipinski definition) is 2. The van der Waals surface area contributed by atoms with Crippen LogP contribution < -0.4 is 0 Å². The summed E-state index contributed by atoms with van der Waals surface area (Å²) in [5, 5.41) is 10.4. The van der Waals surface area contributed by atoms with Gasteiger partial charge in [-0.15, -0.1) is 11.8 Å². The number of aliphatic hydroxyl groups excluding tert-OH is 1. The second kappa shape index (κ2) is 6.22. The highest BCUT2D eigenvalue weighted by Gasteiger charge is 2.13. The Bertz CT molecular complexity index is 551. The van der Waals surface area contributed by atoms with Crippen LogP contribution in [0.1, 0.15) is 29.7 Å². The molecule has 19 heavy (non-hydrogen) atoms. The van der Waals surface area contributed by atoms with Crippen molar-refractivity contribution in [2.45, 2.75) is 24.8 Å². The highest BCUT2D eigenvalue weighted by molar-refractivity contribution is 7.99. The van der Waals surface area contributed by atoms with Crippen LogP contribution in [0.2, 0.25) is 0 Å². The van der Waals surface area contributed by atoms with Crippen molar-refractivity contribution in [3.63, 3.8) is 0 Å². The molecule has 0 aliphatic rings. The van der Waals surface area contributed by atoms with Crippen molar-refractivity contribution in [1.29, 1.82) is 0 Å². The molecule has 0 spiro atoms. The Morgan fingerprint density at radius 2 is 1.84 bits per heavy atom. The number of benzene rings is 2. The van der Waals surface area contributed by atoms with Crippen LogP contribution in [0.3, 0.4) is 0 Å². The second-order valence-corrected chi connectivity index (χ2v) is 5.74. The average Bonchev–Trinajstić information content (AvgIpc) is 2.39. The lowest BCUT2D eigenvalue weighted by Crippen LogP contribution is -2.02. The van der Waals surface area contributed by atoms with E-state index >= 15 is 0 Å². The predicted octanol–water partition coefficient (Wildman–Crippen LogP) is 4.33. The van der Waals surface area contributed by atoms with Gasteiger partial charge in [-0.3, -0.25) is 0 Å². The molecule has 0 heterocycles. The lowest BCUT2D eigenvalue weighted by Gasteiger charge is -2.14. The summed E-state index contributed by atoms with van der Waals surface area (Å²) in [6.45, 7) is 3.91. The molecule has 1 nitrogen and oxygen atoms in total. The van der Waals surface area contributed by atoms with E-state index in [1.165, 1.54) is 17.0 Å². The molecular weight excluding hydrogens is 259 g/mol. The van der Waals surface area contributed by atoms with E-state index < -0.39 is 6.10 Å². The van der Waals surface area contributed by atoms with Crippen LogP contribution in [0.15, 0.2) is 47.4 Å². The quantitative estimate of drug-likeness (QED) is 0.839. The Labute approximate surface area is 117 Å². The molecule has 3 heteroatoms. The lowest BCUT2D eigenvalue weighted by molar-refractivity contribution is 0.219. The molecule has 2 rings (SSSR count). The third kappa shape index (κ3) is 3.37. The standard InChI is InChI=1S/C16H17FOS/c1-3-19-14-7-4-12(5-8-14)16(18)15-9-6-13(17)10-11(15)2/h4-10,16,18H,3H2,1-2H3. The molecule has 0 saturated carbocycles. The first kappa shape index (κ1) is 14.1. The highest BCUT2D eigenvalue weighted by Crippen LogP contribution is 2.27. The fourth-order valence-corrected chi connectivity index (χ4v) is 2.70. The van der Waals surface area contributed by atoms with E-state index in [-0.39, 0.29) is 5.82 Å². The van der Waals surface area contributed by atoms with Crippen molar-refractivity contribution in [1.82, 2.24) is 0 Å². The van der Waals surface area contributed by atoms with E-state index in [1.54, 1.807) is 17.8 Å². The van der Waals surface area contributed by atoms with Crippen LogP contribution in [-0.2, 0) is 0 Å². The Hall–Kier alpha value is -1.32. The predicted molar refractivity (Wildman–Crippen MR) is 78.0 cm³/mol. The summed E-state index contributed by atoms with van der Waals surface area (Å²) in [5.41, 5.74) is 2.34. The molecule has 100 valence electrons. The fraction of sp³-hybridized carbons (Fsp3) is 0.250. The molecule has 0 fully saturated rings. The van der Waals surface area contributed by atoms with Gasteiger partial charge in [-0.2, -0.15) is 0 Å². The van der Waals surface area contributed by atoms with Gasteiger partial charge in [0.1, 0.15) is 11.9 Å². The van der Waals surface area contributed by atoms with Crippen molar-refractivity contribution < 1.29 is 9.50 Å². The Morgan fingerprint density at radius 1 is 1.16 bits per heavy atom. The zero-order valence-corrected chi connectivity index (χ0v) is 11.9. The van der Waals surface area contributed by atoms with Crippen LogP contribution in [-0.4, -0.2) is 10.9 Å². The molecule has 0 aliphatic heterocycles. The van der Waals surface area contributed by atoms with Crippen molar-refractivity contribution in [3.8, 4) is 0 Å². The number of aryl methyl sites for hydroxylation is 1. The molecule has 0 radical (unpaired) electrons. The van der Waals surface area contributed by atoms with Crippen molar-refractivity contribution in [2.24, 2.45) is 0 Å². The third-order valence-corrected chi connectivity index (χ3v) is 3.93. The summed E-state index contributed by atoms with van der Waals surface area (Å²) >= 11 is 1.77. The molecule has 1 unspecified atom stereocenters. The molecule has 0 bridgehead atoms. The van der Waals surface area contributed by atoms with Gasteiger partial charge in [-0.05, 0) is 53.6 Å². The highest BCUT2D eigenvalue weighted by atomic mass is 32.2. The lowest BCUT2D eigenvalue weighted by atomic mass is 9.97. The molecular formula is C16H17FOS. The number of rotatable bonds is 4. The first-order valence-corrected chi connectivity index (χ1v) is 7.27. The second-order valence-electron chi connectivity index (χ2n) is 4.41. The van der Waals surface area contributed by atoms with Gasteiger partial charge in [0.05, 0.1) is 0 Å². The summed E-state index contributed by atoms with van der Waals surface area (Å²) in [7, 11) is 0. The molecule has 0 amide bonds. The van der Waals surface area contributed by atoms with Gasteiger partial charge in [0, 0.05) is 4.90 Å². The number of hydrogen-bond donors (Lipinski definition) is 1. The minimum absolute atomic E-state index is 0.275. The number of halogens is 1. The van der Waals surface area contributed by atoms with Gasteiger partial charge >= 0.3 is 0 Å². The van der Waals surface area contributed by atoms with Gasteiger partial charge in [-0.25, -0.2) is 4.39 Å². The Balaban J connectivity index is 2.25. The fourth-order valence-electron chi connectivity index (χ4n) is 2.04. The number of thioether (sulfide) groups is 1. The minimum atomic E-state index is -0.707. The van der Waals surface area contributed by atoms with Gasteiger partial charge in [-0.1, -0.05) is 25.1 Å². The molecule has 2 aromatic carbocycles. The SMILES string of the molecule is CCSc1ccc(C(O)c2ccc(F)cc2C)cc1. The van der Waals surface area contributed by atoms with Crippen LogP contribution in [0, 0.1) is 12.7 Å². The zero-order valence-electron chi connectivity index (χ0n) is 11.1. The van der Waals surface area contributed by atoms with Crippen molar-refractivity contribution >= 4 is 11.8 Å². The van der Waals surface area contributed by atoms with E-state index in [0.717, 1.165) is 22.4 Å². The minimum Gasteiger partial charge on any atom is -0.384 e. The molecule has 2 aromatic rings. The Morgan fingerprint density at radius 3 is 2.42 bits per heavy atom. The molecule has 1 N–H and O–H groups in total. The molecule has 1 atom stereocenters. The Kier molecular flexibility index (Phi) is 4.61. The van der Waals surface area contributed by atoms with Crippen molar-refractivity contribution in [2.75, 3.05) is 5.75 Å². The van der Waals surface area contributed by atoms with Gasteiger partial charge < -0.3 is 5.11 Å². The van der Waals surface area contributed by atoms with E-state index in [0.29, 0.717) is 0 Å². The van der Waals surface area contributed by atoms with E-state index in [2.05, 4.69) is 6.92 Å². The molecule has 0 saturated heterocycles. The third-order valence-electron chi connectivity index (χ3n) is 3.03. The zero-order chi connectivity index (χ0) is 13.8.